The Labute approximate surface area is 130 Å². The molecule has 0 radical (unpaired) electrons. The van der Waals surface area contributed by atoms with Crippen molar-refractivity contribution in [3.8, 4) is 5.75 Å². The summed E-state index contributed by atoms with van der Waals surface area (Å²) >= 11 is 0. The van der Waals surface area contributed by atoms with Gasteiger partial charge in [-0.25, -0.2) is 0 Å². The average molecular weight is 299 g/mol. The lowest BCUT2D eigenvalue weighted by Crippen LogP contribution is -2.20. The molecule has 4 nitrogen and oxygen atoms in total. The molecule has 0 fully saturated rings. The van der Waals surface area contributed by atoms with Crippen LogP contribution < -0.4 is 10.1 Å². The van der Waals surface area contributed by atoms with Crippen LogP contribution in [0.3, 0.4) is 0 Å². The van der Waals surface area contributed by atoms with Gasteiger partial charge in [-0.2, -0.15) is 0 Å². The van der Waals surface area contributed by atoms with Crippen molar-refractivity contribution in [2.75, 3.05) is 11.9 Å². The molecule has 0 aromatic heterocycles. The van der Waals surface area contributed by atoms with Gasteiger partial charge in [0.1, 0.15) is 5.75 Å². The molecule has 2 rings (SSSR count). The van der Waals surface area contributed by atoms with Gasteiger partial charge in [-0.15, -0.1) is 0 Å². The van der Waals surface area contributed by atoms with Gasteiger partial charge in [-0.3, -0.25) is 4.79 Å². The van der Waals surface area contributed by atoms with Crippen molar-refractivity contribution >= 4 is 11.6 Å². The number of anilines is 1. The Hall–Kier alpha value is -2.33. The van der Waals surface area contributed by atoms with E-state index >= 15 is 0 Å². The minimum absolute atomic E-state index is 0.0943. The number of carbonyl (C=O) groups is 1. The van der Waals surface area contributed by atoms with Gasteiger partial charge < -0.3 is 15.2 Å². The second-order valence-electron chi connectivity index (χ2n) is 5.38. The first kappa shape index (κ1) is 16.0. The summed E-state index contributed by atoms with van der Waals surface area (Å²) in [5, 5.41) is 12.0. The Morgan fingerprint density at radius 2 is 1.82 bits per heavy atom. The number of hydrogen-bond acceptors (Lipinski definition) is 3. The highest BCUT2D eigenvalue weighted by atomic mass is 16.5. The number of amides is 1. The fraction of sp³-hybridized carbons (Fsp3) is 0.278. The number of benzene rings is 2. The van der Waals surface area contributed by atoms with Crippen LogP contribution in [0.5, 0.6) is 5.75 Å². The van der Waals surface area contributed by atoms with Crippen LogP contribution in [-0.2, 0) is 11.4 Å². The quantitative estimate of drug-likeness (QED) is 0.860. The highest BCUT2D eigenvalue weighted by molar-refractivity contribution is 5.91. The van der Waals surface area contributed by atoms with Crippen molar-refractivity contribution in [3.05, 3.63) is 59.7 Å². The van der Waals surface area contributed by atoms with Gasteiger partial charge in [0.2, 0.25) is 0 Å². The Balaban J connectivity index is 1.90. The molecule has 4 heteroatoms. The van der Waals surface area contributed by atoms with E-state index in [4.69, 9.17) is 4.74 Å². The van der Waals surface area contributed by atoms with E-state index in [1.165, 1.54) is 5.56 Å². The van der Waals surface area contributed by atoms with E-state index in [2.05, 4.69) is 19.2 Å². The van der Waals surface area contributed by atoms with E-state index in [1.807, 2.05) is 30.3 Å². The molecule has 0 aliphatic carbocycles. The summed E-state index contributed by atoms with van der Waals surface area (Å²) in [6, 6.07) is 14.9. The molecular weight excluding hydrogens is 278 g/mol. The lowest BCUT2D eigenvalue weighted by molar-refractivity contribution is -0.118. The third-order valence-corrected chi connectivity index (χ3v) is 3.36. The van der Waals surface area contributed by atoms with E-state index in [-0.39, 0.29) is 19.1 Å². The maximum absolute atomic E-state index is 11.9. The first-order valence-corrected chi connectivity index (χ1v) is 7.31. The molecule has 0 heterocycles. The number of nitrogens with one attached hydrogen (secondary N) is 1. The number of para-hydroxylation sites is 1. The first-order valence-electron chi connectivity index (χ1n) is 7.31. The normalized spacial score (nSPS) is 10.5. The van der Waals surface area contributed by atoms with Crippen LogP contribution in [0.15, 0.2) is 48.5 Å². The van der Waals surface area contributed by atoms with E-state index in [1.54, 1.807) is 18.2 Å². The second-order valence-corrected chi connectivity index (χ2v) is 5.38. The van der Waals surface area contributed by atoms with E-state index in [0.29, 0.717) is 17.2 Å². The first-order chi connectivity index (χ1) is 10.6. The zero-order valence-electron chi connectivity index (χ0n) is 12.9. The van der Waals surface area contributed by atoms with Gasteiger partial charge >= 0.3 is 0 Å². The molecule has 2 aromatic carbocycles. The number of hydrogen-bond donors (Lipinski definition) is 2. The van der Waals surface area contributed by atoms with Crippen LogP contribution in [0.4, 0.5) is 5.69 Å². The molecular formula is C18H21NO3. The fourth-order valence-corrected chi connectivity index (χ4v) is 2.07. The SMILES string of the molecule is CC(C)c1ccc(NC(=O)COc2ccccc2CO)cc1. The molecule has 0 atom stereocenters. The van der Waals surface area contributed by atoms with Crippen LogP contribution in [-0.4, -0.2) is 17.6 Å². The molecule has 116 valence electrons. The minimum atomic E-state index is -0.231. The fourth-order valence-electron chi connectivity index (χ4n) is 2.07. The van der Waals surface area contributed by atoms with Crippen molar-refractivity contribution in [1.29, 1.82) is 0 Å². The number of aliphatic hydroxyl groups excluding tert-OH is 1. The van der Waals surface area contributed by atoms with Crippen LogP contribution in [0.2, 0.25) is 0 Å². The van der Waals surface area contributed by atoms with Gasteiger partial charge in [0.05, 0.1) is 6.61 Å². The van der Waals surface area contributed by atoms with Crippen molar-refractivity contribution in [1.82, 2.24) is 0 Å². The van der Waals surface area contributed by atoms with Crippen LogP contribution in [0, 0.1) is 0 Å². The maximum Gasteiger partial charge on any atom is 0.262 e. The van der Waals surface area contributed by atoms with Gasteiger partial charge in [0, 0.05) is 11.3 Å². The molecule has 0 aliphatic heterocycles. The van der Waals surface area contributed by atoms with Gasteiger partial charge in [0.15, 0.2) is 6.61 Å². The van der Waals surface area contributed by atoms with E-state index in [0.717, 1.165) is 5.69 Å². The zero-order valence-corrected chi connectivity index (χ0v) is 12.9. The van der Waals surface area contributed by atoms with E-state index < -0.39 is 0 Å². The molecule has 0 spiro atoms. The summed E-state index contributed by atoms with van der Waals surface area (Å²) in [5.41, 5.74) is 2.64. The molecule has 0 aliphatic rings. The smallest absolute Gasteiger partial charge is 0.262 e. The molecule has 22 heavy (non-hydrogen) atoms. The lowest BCUT2D eigenvalue weighted by Gasteiger charge is -2.11. The third-order valence-electron chi connectivity index (χ3n) is 3.36. The van der Waals surface area contributed by atoms with Gasteiger partial charge in [-0.1, -0.05) is 44.2 Å². The Morgan fingerprint density at radius 3 is 2.45 bits per heavy atom. The summed E-state index contributed by atoms with van der Waals surface area (Å²) < 4.78 is 5.45. The standard InChI is InChI=1S/C18H21NO3/c1-13(2)14-7-9-16(10-8-14)19-18(21)12-22-17-6-4-3-5-15(17)11-20/h3-10,13,20H,11-12H2,1-2H3,(H,19,21). The highest BCUT2D eigenvalue weighted by Crippen LogP contribution is 2.19. The van der Waals surface area contributed by atoms with Crippen molar-refractivity contribution in [3.63, 3.8) is 0 Å². The number of ether oxygens (including phenoxy) is 1. The summed E-state index contributed by atoms with van der Waals surface area (Å²) in [4.78, 5) is 11.9. The molecule has 2 aromatic rings. The lowest BCUT2D eigenvalue weighted by atomic mass is 10.0. The van der Waals surface area contributed by atoms with Crippen LogP contribution in [0.25, 0.3) is 0 Å². The second kappa shape index (κ2) is 7.61. The molecule has 0 bridgehead atoms. The predicted octanol–water partition coefficient (Wildman–Crippen LogP) is 3.32. The van der Waals surface area contributed by atoms with Crippen LogP contribution >= 0.6 is 0 Å². The molecule has 0 unspecified atom stereocenters. The van der Waals surface area contributed by atoms with Gasteiger partial charge in [0.25, 0.3) is 5.91 Å². The van der Waals surface area contributed by atoms with Crippen molar-refractivity contribution in [2.24, 2.45) is 0 Å². The molecule has 1 amide bonds. The third kappa shape index (κ3) is 4.33. The average Bonchev–Trinajstić information content (AvgIpc) is 2.53. The molecule has 2 N–H and O–H groups in total. The van der Waals surface area contributed by atoms with Crippen LogP contribution in [0.1, 0.15) is 30.9 Å². The monoisotopic (exact) mass is 299 g/mol. The van der Waals surface area contributed by atoms with Crippen molar-refractivity contribution < 1.29 is 14.6 Å². The molecule has 0 saturated heterocycles. The van der Waals surface area contributed by atoms with Crippen molar-refractivity contribution in [2.45, 2.75) is 26.4 Å². The molecule has 0 saturated carbocycles. The largest absolute Gasteiger partial charge is 0.483 e. The summed E-state index contributed by atoms with van der Waals surface area (Å²) in [7, 11) is 0. The topological polar surface area (TPSA) is 58.6 Å². The Bertz CT molecular complexity index is 620. The number of aliphatic hydroxyl groups is 1. The minimum Gasteiger partial charge on any atom is -0.483 e. The highest BCUT2D eigenvalue weighted by Gasteiger charge is 2.07. The van der Waals surface area contributed by atoms with Gasteiger partial charge in [-0.05, 0) is 29.7 Å². The summed E-state index contributed by atoms with van der Waals surface area (Å²) in [6.45, 7) is 4.04. The Morgan fingerprint density at radius 1 is 1.14 bits per heavy atom. The Kier molecular flexibility index (Phi) is 5.55. The zero-order chi connectivity index (χ0) is 15.9. The summed E-state index contributed by atoms with van der Waals surface area (Å²) in [6.07, 6.45) is 0. The predicted molar refractivity (Wildman–Crippen MR) is 87.0 cm³/mol. The summed E-state index contributed by atoms with van der Waals surface area (Å²) in [5.74, 6) is 0.753. The number of carbonyl (C=O) groups excluding carboxylic acids is 1. The maximum atomic E-state index is 11.9. The van der Waals surface area contributed by atoms with E-state index in [9.17, 15) is 9.90 Å². The number of rotatable bonds is 6.